The fraction of sp³-hybridized carbons (Fsp3) is 0.500. The molecule has 56 valence electrons. The SMILES string of the molecule is CC1=CC=CCC1(Br)CBr. The Morgan fingerprint density at radius 1 is 1.70 bits per heavy atom. The average Bonchev–Trinajstić information content (AvgIpc) is 1.96. The van der Waals surface area contributed by atoms with Gasteiger partial charge < -0.3 is 0 Å². The monoisotopic (exact) mass is 264 g/mol. The van der Waals surface area contributed by atoms with Crippen molar-refractivity contribution in [2.45, 2.75) is 17.7 Å². The Morgan fingerprint density at radius 3 is 2.80 bits per heavy atom. The molecule has 1 aliphatic carbocycles. The molecule has 0 heterocycles. The van der Waals surface area contributed by atoms with E-state index in [0.717, 1.165) is 11.8 Å². The minimum atomic E-state index is 0.182. The normalized spacial score (nSPS) is 32.1. The number of hydrogen-bond donors (Lipinski definition) is 0. The van der Waals surface area contributed by atoms with Crippen LogP contribution >= 0.6 is 31.9 Å². The van der Waals surface area contributed by atoms with Crippen molar-refractivity contribution in [2.24, 2.45) is 0 Å². The summed E-state index contributed by atoms with van der Waals surface area (Å²) in [5.41, 5.74) is 1.40. The molecule has 0 amide bonds. The van der Waals surface area contributed by atoms with Crippen molar-refractivity contribution in [2.75, 3.05) is 5.33 Å². The van der Waals surface area contributed by atoms with Crippen LogP contribution in [0.4, 0.5) is 0 Å². The van der Waals surface area contributed by atoms with E-state index in [1.54, 1.807) is 0 Å². The second-order valence-electron chi connectivity index (χ2n) is 2.58. The number of halogens is 2. The minimum absolute atomic E-state index is 0.182. The highest BCUT2D eigenvalue weighted by atomic mass is 79.9. The summed E-state index contributed by atoms with van der Waals surface area (Å²) in [5.74, 6) is 0. The maximum Gasteiger partial charge on any atom is 0.0597 e. The van der Waals surface area contributed by atoms with Gasteiger partial charge in [-0.1, -0.05) is 55.7 Å². The van der Waals surface area contributed by atoms with Crippen LogP contribution in [-0.4, -0.2) is 9.65 Å². The van der Waals surface area contributed by atoms with E-state index in [-0.39, 0.29) is 4.32 Å². The Kier molecular flexibility index (Phi) is 2.75. The number of allylic oxidation sites excluding steroid dienone is 4. The first kappa shape index (κ1) is 8.54. The highest BCUT2D eigenvalue weighted by molar-refractivity contribution is 9.12. The molecule has 0 saturated heterocycles. The smallest absolute Gasteiger partial charge is 0.0597 e. The highest BCUT2D eigenvalue weighted by Crippen LogP contribution is 2.35. The van der Waals surface area contributed by atoms with Gasteiger partial charge in [0.05, 0.1) is 4.32 Å². The standard InChI is InChI=1S/C8H10Br2/c1-7-4-2-3-5-8(7,10)6-9/h2-4H,5-6H2,1H3. The summed E-state index contributed by atoms with van der Waals surface area (Å²) < 4.78 is 0.182. The van der Waals surface area contributed by atoms with Crippen LogP contribution in [0.15, 0.2) is 23.8 Å². The fourth-order valence-corrected chi connectivity index (χ4v) is 1.93. The van der Waals surface area contributed by atoms with Crippen molar-refractivity contribution in [1.29, 1.82) is 0 Å². The first-order chi connectivity index (χ1) is 4.69. The van der Waals surface area contributed by atoms with Crippen LogP contribution in [0.25, 0.3) is 0 Å². The lowest BCUT2D eigenvalue weighted by Crippen LogP contribution is -2.24. The van der Waals surface area contributed by atoms with E-state index in [1.807, 2.05) is 0 Å². The molecule has 0 spiro atoms. The molecule has 0 saturated carbocycles. The van der Waals surface area contributed by atoms with E-state index in [9.17, 15) is 0 Å². The minimum Gasteiger partial charge on any atom is -0.0909 e. The van der Waals surface area contributed by atoms with Gasteiger partial charge in [-0.2, -0.15) is 0 Å². The molecule has 10 heavy (non-hydrogen) atoms. The summed E-state index contributed by atoms with van der Waals surface area (Å²) in [4.78, 5) is 0. The van der Waals surface area contributed by atoms with E-state index < -0.39 is 0 Å². The molecule has 1 unspecified atom stereocenters. The Morgan fingerprint density at radius 2 is 2.40 bits per heavy atom. The van der Waals surface area contributed by atoms with Crippen LogP contribution in [0.5, 0.6) is 0 Å². The summed E-state index contributed by atoms with van der Waals surface area (Å²) in [7, 11) is 0. The van der Waals surface area contributed by atoms with Gasteiger partial charge in [0, 0.05) is 5.33 Å². The van der Waals surface area contributed by atoms with Crippen molar-refractivity contribution in [3.05, 3.63) is 23.8 Å². The van der Waals surface area contributed by atoms with Crippen LogP contribution in [0.2, 0.25) is 0 Å². The second kappa shape index (κ2) is 3.22. The lowest BCUT2D eigenvalue weighted by atomic mass is 9.95. The quantitative estimate of drug-likeness (QED) is 0.638. The average molecular weight is 266 g/mol. The van der Waals surface area contributed by atoms with Crippen molar-refractivity contribution >= 4 is 31.9 Å². The highest BCUT2D eigenvalue weighted by Gasteiger charge is 2.26. The van der Waals surface area contributed by atoms with Gasteiger partial charge in [0.25, 0.3) is 0 Å². The molecule has 1 atom stereocenters. The van der Waals surface area contributed by atoms with Crippen LogP contribution < -0.4 is 0 Å². The topological polar surface area (TPSA) is 0 Å². The van der Waals surface area contributed by atoms with E-state index >= 15 is 0 Å². The maximum atomic E-state index is 3.69. The predicted octanol–water partition coefficient (Wildman–Crippen LogP) is 3.42. The van der Waals surface area contributed by atoms with Gasteiger partial charge in [-0.15, -0.1) is 0 Å². The van der Waals surface area contributed by atoms with Gasteiger partial charge in [-0.25, -0.2) is 0 Å². The molecule has 2 heteroatoms. The van der Waals surface area contributed by atoms with Gasteiger partial charge in [-0.3, -0.25) is 0 Å². The van der Waals surface area contributed by atoms with E-state index in [4.69, 9.17) is 0 Å². The van der Waals surface area contributed by atoms with Gasteiger partial charge >= 0.3 is 0 Å². The van der Waals surface area contributed by atoms with Crippen LogP contribution in [0.3, 0.4) is 0 Å². The zero-order chi connectivity index (χ0) is 7.61. The van der Waals surface area contributed by atoms with Gasteiger partial charge in [0.2, 0.25) is 0 Å². The van der Waals surface area contributed by atoms with E-state index in [0.29, 0.717) is 0 Å². The second-order valence-corrected chi connectivity index (χ2v) is 4.66. The molecule has 0 fully saturated rings. The largest absolute Gasteiger partial charge is 0.0909 e. The van der Waals surface area contributed by atoms with Crippen LogP contribution in [0, 0.1) is 0 Å². The lowest BCUT2D eigenvalue weighted by Gasteiger charge is -2.26. The number of alkyl halides is 2. The van der Waals surface area contributed by atoms with Crippen molar-refractivity contribution < 1.29 is 0 Å². The first-order valence-electron chi connectivity index (χ1n) is 3.28. The van der Waals surface area contributed by atoms with Crippen LogP contribution in [-0.2, 0) is 0 Å². The van der Waals surface area contributed by atoms with Gasteiger partial charge in [0.15, 0.2) is 0 Å². The summed E-state index contributed by atoms with van der Waals surface area (Å²) in [6, 6.07) is 0. The Bertz CT molecular complexity index is 182. The van der Waals surface area contributed by atoms with E-state index in [1.165, 1.54) is 5.57 Å². The zero-order valence-corrected chi connectivity index (χ0v) is 9.07. The van der Waals surface area contributed by atoms with Gasteiger partial charge in [-0.05, 0) is 13.3 Å². The number of rotatable bonds is 1. The third-order valence-electron chi connectivity index (χ3n) is 1.84. The molecular weight excluding hydrogens is 256 g/mol. The van der Waals surface area contributed by atoms with E-state index in [2.05, 4.69) is 57.0 Å². The molecule has 0 aromatic rings. The molecule has 0 aromatic carbocycles. The fourth-order valence-electron chi connectivity index (χ4n) is 0.938. The summed E-state index contributed by atoms with van der Waals surface area (Å²) in [6.07, 6.45) is 7.53. The Balaban J connectivity index is 2.81. The molecule has 0 N–H and O–H groups in total. The summed E-state index contributed by atoms with van der Waals surface area (Å²) >= 11 is 7.18. The molecule has 0 nitrogen and oxygen atoms in total. The van der Waals surface area contributed by atoms with Gasteiger partial charge in [0.1, 0.15) is 0 Å². The maximum absolute atomic E-state index is 3.69. The van der Waals surface area contributed by atoms with Crippen molar-refractivity contribution in [3.63, 3.8) is 0 Å². The molecular formula is C8H10Br2. The van der Waals surface area contributed by atoms with Crippen molar-refractivity contribution in [3.8, 4) is 0 Å². The van der Waals surface area contributed by atoms with Crippen LogP contribution in [0.1, 0.15) is 13.3 Å². The Labute approximate surface area is 78.6 Å². The lowest BCUT2D eigenvalue weighted by molar-refractivity contribution is 0.779. The first-order valence-corrected chi connectivity index (χ1v) is 5.19. The number of hydrogen-bond acceptors (Lipinski definition) is 0. The third kappa shape index (κ3) is 1.54. The summed E-state index contributed by atoms with van der Waals surface area (Å²) in [6.45, 7) is 2.15. The Hall–Kier alpha value is 0.440. The third-order valence-corrected chi connectivity index (χ3v) is 4.78. The molecule has 0 radical (unpaired) electrons. The molecule has 1 rings (SSSR count). The zero-order valence-electron chi connectivity index (χ0n) is 5.90. The molecule has 0 aromatic heterocycles. The van der Waals surface area contributed by atoms with Crippen molar-refractivity contribution in [1.82, 2.24) is 0 Å². The molecule has 1 aliphatic rings. The summed E-state index contributed by atoms with van der Waals surface area (Å²) in [5, 5.41) is 0.979. The molecule has 0 bridgehead atoms. The molecule has 0 aliphatic heterocycles. The predicted molar refractivity (Wildman–Crippen MR) is 53.0 cm³/mol.